The average molecular weight is 230 g/mol. The van der Waals surface area contributed by atoms with E-state index in [2.05, 4.69) is 4.98 Å². The van der Waals surface area contributed by atoms with Gasteiger partial charge in [0, 0.05) is 24.0 Å². The summed E-state index contributed by atoms with van der Waals surface area (Å²) in [6.45, 7) is 0. The number of rotatable bonds is 3. The lowest BCUT2D eigenvalue weighted by molar-refractivity contribution is -0.385. The molecule has 1 aromatic carbocycles. The lowest BCUT2D eigenvalue weighted by Crippen LogP contribution is -1.94. The first-order valence-electron chi connectivity index (χ1n) is 4.95. The van der Waals surface area contributed by atoms with E-state index < -0.39 is 4.92 Å². The van der Waals surface area contributed by atoms with Crippen LogP contribution in [0, 0.1) is 10.1 Å². The molecule has 17 heavy (non-hydrogen) atoms. The van der Waals surface area contributed by atoms with Crippen molar-refractivity contribution in [1.29, 1.82) is 0 Å². The normalized spacial score (nSPS) is 9.94. The van der Waals surface area contributed by atoms with Gasteiger partial charge >= 0.3 is 5.69 Å². The summed E-state index contributed by atoms with van der Waals surface area (Å²) in [7, 11) is 1.41. The third-order valence-electron chi connectivity index (χ3n) is 2.37. The largest absolute Gasteiger partial charge is 0.490 e. The van der Waals surface area contributed by atoms with Crippen molar-refractivity contribution in [3.8, 4) is 16.9 Å². The van der Waals surface area contributed by atoms with Gasteiger partial charge in [0.1, 0.15) is 0 Å². The molecular formula is C12H10N2O3. The number of pyridine rings is 1. The molecule has 0 unspecified atom stereocenters. The summed E-state index contributed by atoms with van der Waals surface area (Å²) >= 11 is 0. The maximum absolute atomic E-state index is 10.9. The SMILES string of the molecule is COc1ccc(-c2cccnc2)cc1[N+](=O)[O-]. The van der Waals surface area contributed by atoms with Crippen LogP contribution in [0.4, 0.5) is 5.69 Å². The van der Waals surface area contributed by atoms with Crippen molar-refractivity contribution in [1.82, 2.24) is 4.98 Å². The van der Waals surface area contributed by atoms with Gasteiger partial charge in [-0.15, -0.1) is 0 Å². The highest BCUT2D eigenvalue weighted by atomic mass is 16.6. The van der Waals surface area contributed by atoms with E-state index in [9.17, 15) is 10.1 Å². The van der Waals surface area contributed by atoms with Gasteiger partial charge in [-0.2, -0.15) is 0 Å². The van der Waals surface area contributed by atoms with Gasteiger partial charge in [-0.05, 0) is 17.7 Å². The van der Waals surface area contributed by atoms with Gasteiger partial charge < -0.3 is 4.74 Å². The Morgan fingerprint density at radius 1 is 1.29 bits per heavy atom. The van der Waals surface area contributed by atoms with Crippen LogP contribution in [-0.2, 0) is 0 Å². The third-order valence-corrected chi connectivity index (χ3v) is 2.37. The topological polar surface area (TPSA) is 65.3 Å². The Morgan fingerprint density at radius 3 is 2.71 bits per heavy atom. The highest BCUT2D eigenvalue weighted by molar-refractivity contribution is 5.68. The van der Waals surface area contributed by atoms with Crippen molar-refractivity contribution in [3.05, 3.63) is 52.8 Å². The lowest BCUT2D eigenvalue weighted by Gasteiger charge is -2.04. The molecule has 5 heteroatoms. The summed E-state index contributed by atoms with van der Waals surface area (Å²) in [6, 6.07) is 8.46. The van der Waals surface area contributed by atoms with Gasteiger partial charge in [0.15, 0.2) is 5.75 Å². The number of nitro benzene ring substituents is 1. The van der Waals surface area contributed by atoms with E-state index in [1.165, 1.54) is 13.2 Å². The van der Waals surface area contributed by atoms with E-state index in [4.69, 9.17) is 4.74 Å². The molecule has 0 saturated heterocycles. The number of nitro groups is 1. The zero-order chi connectivity index (χ0) is 12.3. The number of aromatic nitrogens is 1. The van der Waals surface area contributed by atoms with Crippen molar-refractivity contribution in [2.24, 2.45) is 0 Å². The van der Waals surface area contributed by atoms with E-state index in [1.54, 1.807) is 30.6 Å². The Bertz CT molecular complexity index is 541. The van der Waals surface area contributed by atoms with E-state index in [0.29, 0.717) is 0 Å². The van der Waals surface area contributed by atoms with Gasteiger partial charge in [-0.1, -0.05) is 12.1 Å². The van der Waals surface area contributed by atoms with Crippen LogP contribution in [0.15, 0.2) is 42.7 Å². The predicted octanol–water partition coefficient (Wildman–Crippen LogP) is 2.67. The second-order valence-electron chi connectivity index (χ2n) is 3.39. The van der Waals surface area contributed by atoms with Crippen molar-refractivity contribution < 1.29 is 9.66 Å². The van der Waals surface area contributed by atoms with Gasteiger partial charge in [-0.25, -0.2) is 0 Å². The predicted molar refractivity (Wildman–Crippen MR) is 62.9 cm³/mol. The fourth-order valence-corrected chi connectivity index (χ4v) is 1.55. The van der Waals surface area contributed by atoms with E-state index in [1.807, 2.05) is 6.07 Å². The molecule has 2 rings (SSSR count). The summed E-state index contributed by atoms with van der Waals surface area (Å²) in [5, 5.41) is 10.9. The summed E-state index contributed by atoms with van der Waals surface area (Å²) in [5.41, 5.74) is 1.53. The highest BCUT2D eigenvalue weighted by Gasteiger charge is 2.15. The van der Waals surface area contributed by atoms with E-state index in [-0.39, 0.29) is 11.4 Å². The van der Waals surface area contributed by atoms with Gasteiger partial charge in [-0.3, -0.25) is 15.1 Å². The summed E-state index contributed by atoms with van der Waals surface area (Å²) in [4.78, 5) is 14.4. The molecule has 0 bridgehead atoms. The minimum atomic E-state index is -0.460. The second kappa shape index (κ2) is 4.61. The molecule has 0 radical (unpaired) electrons. The molecule has 86 valence electrons. The summed E-state index contributed by atoms with van der Waals surface area (Å²) < 4.78 is 4.94. The second-order valence-corrected chi connectivity index (χ2v) is 3.39. The van der Waals surface area contributed by atoms with Crippen LogP contribution in [0.3, 0.4) is 0 Å². The number of nitrogens with zero attached hydrogens (tertiary/aromatic N) is 2. The monoisotopic (exact) mass is 230 g/mol. The van der Waals surface area contributed by atoms with Gasteiger partial charge in [0.2, 0.25) is 0 Å². The first kappa shape index (κ1) is 11.1. The molecule has 0 N–H and O–H groups in total. The number of benzene rings is 1. The van der Waals surface area contributed by atoms with Crippen LogP contribution < -0.4 is 4.74 Å². The lowest BCUT2D eigenvalue weighted by atomic mass is 10.1. The quantitative estimate of drug-likeness (QED) is 0.600. The first-order valence-corrected chi connectivity index (χ1v) is 4.95. The molecule has 0 spiro atoms. The standard InChI is InChI=1S/C12H10N2O3/c1-17-12-5-4-9(7-11(12)14(15)16)10-3-2-6-13-8-10/h2-8H,1H3. The highest BCUT2D eigenvalue weighted by Crippen LogP contribution is 2.31. The Balaban J connectivity index is 2.51. The molecular weight excluding hydrogens is 220 g/mol. The Labute approximate surface area is 97.8 Å². The molecule has 0 aliphatic rings. The molecule has 1 aromatic heterocycles. The smallest absolute Gasteiger partial charge is 0.311 e. The Kier molecular flexibility index (Phi) is 3.00. The molecule has 0 aliphatic heterocycles. The molecule has 0 fully saturated rings. The Hall–Kier alpha value is -2.43. The number of ether oxygens (including phenoxy) is 1. The van der Waals surface area contributed by atoms with Crippen LogP contribution in [0.5, 0.6) is 5.75 Å². The van der Waals surface area contributed by atoms with Gasteiger partial charge in [0.05, 0.1) is 12.0 Å². The summed E-state index contributed by atoms with van der Waals surface area (Å²) in [6.07, 6.45) is 3.31. The van der Waals surface area contributed by atoms with E-state index in [0.717, 1.165) is 11.1 Å². The maximum Gasteiger partial charge on any atom is 0.311 e. The van der Waals surface area contributed by atoms with Crippen molar-refractivity contribution in [2.75, 3.05) is 7.11 Å². The van der Waals surface area contributed by atoms with Crippen LogP contribution in [0.25, 0.3) is 11.1 Å². The van der Waals surface area contributed by atoms with Gasteiger partial charge in [0.25, 0.3) is 0 Å². The average Bonchev–Trinajstić information content (AvgIpc) is 2.39. The number of methoxy groups -OCH3 is 1. The van der Waals surface area contributed by atoms with Crippen LogP contribution >= 0.6 is 0 Å². The fourth-order valence-electron chi connectivity index (χ4n) is 1.55. The first-order chi connectivity index (χ1) is 8.22. The van der Waals surface area contributed by atoms with Crippen molar-refractivity contribution in [3.63, 3.8) is 0 Å². The molecule has 5 nitrogen and oxygen atoms in total. The third kappa shape index (κ3) is 2.23. The zero-order valence-electron chi connectivity index (χ0n) is 9.16. The fraction of sp³-hybridized carbons (Fsp3) is 0.0833. The molecule has 2 aromatic rings. The van der Waals surface area contributed by atoms with Crippen LogP contribution in [0.2, 0.25) is 0 Å². The minimum absolute atomic E-state index is 0.0474. The van der Waals surface area contributed by atoms with Crippen LogP contribution in [0.1, 0.15) is 0 Å². The summed E-state index contributed by atoms with van der Waals surface area (Å²) in [5.74, 6) is 0.252. The number of hydrogen-bond donors (Lipinski definition) is 0. The number of hydrogen-bond acceptors (Lipinski definition) is 4. The minimum Gasteiger partial charge on any atom is -0.490 e. The van der Waals surface area contributed by atoms with Crippen LogP contribution in [-0.4, -0.2) is 17.0 Å². The molecule has 0 aliphatic carbocycles. The Morgan fingerprint density at radius 2 is 2.12 bits per heavy atom. The maximum atomic E-state index is 10.9. The van der Waals surface area contributed by atoms with Crippen molar-refractivity contribution >= 4 is 5.69 Å². The molecule has 0 atom stereocenters. The zero-order valence-corrected chi connectivity index (χ0v) is 9.16. The molecule has 1 heterocycles. The molecule has 0 saturated carbocycles. The molecule has 0 amide bonds. The van der Waals surface area contributed by atoms with E-state index >= 15 is 0 Å². The van der Waals surface area contributed by atoms with Crippen molar-refractivity contribution in [2.45, 2.75) is 0 Å².